The van der Waals surface area contributed by atoms with Gasteiger partial charge in [0.05, 0.1) is 16.5 Å². The first-order chi connectivity index (χ1) is 17.6. The molecule has 1 heterocycles. The maximum atomic E-state index is 12.7. The summed E-state index contributed by atoms with van der Waals surface area (Å²) >= 11 is 7.39. The van der Waals surface area contributed by atoms with Crippen molar-refractivity contribution in [1.29, 1.82) is 0 Å². The minimum atomic E-state index is -0.184. The summed E-state index contributed by atoms with van der Waals surface area (Å²) in [5, 5.41) is 15.3. The second kappa shape index (κ2) is 11.2. The smallest absolute Gasteiger partial charge is 0.255 e. The lowest BCUT2D eigenvalue weighted by atomic mass is 9.87. The van der Waals surface area contributed by atoms with Crippen LogP contribution in [0.2, 0.25) is 5.02 Å². The van der Waals surface area contributed by atoms with E-state index in [0.29, 0.717) is 32.9 Å². The molecule has 4 aromatic rings. The lowest BCUT2D eigenvalue weighted by molar-refractivity contribution is -0.113. The standard InChI is InChI=1S/C28H28ClN5O2S/c1-28(2,3)20-13-9-19(10-14-20)26(36)30-21-15-11-18(12-16-21)25-32-33-27(34(25)4)37-17-24(35)31-23-8-6-5-7-22(23)29/h5-16H,17H2,1-4H3,(H,30,36)(H,31,35). The minimum absolute atomic E-state index is 0.0337. The fourth-order valence-corrected chi connectivity index (χ4v) is 4.49. The number of aromatic nitrogens is 3. The van der Waals surface area contributed by atoms with Gasteiger partial charge in [-0.3, -0.25) is 9.59 Å². The number of amides is 2. The molecular weight excluding hydrogens is 506 g/mol. The monoisotopic (exact) mass is 533 g/mol. The molecule has 0 spiro atoms. The van der Waals surface area contributed by atoms with Gasteiger partial charge in [0.2, 0.25) is 5.91 Å². The Bertz CT molecular complexity index is 1410. The highest BCUT2D eigenvalue weighted by Crippen LogP contribution is 2.26. The zero-order chi connectivity index (χ0) is 26.6. The lowest BCUT2D eigenvalue weighted by Gasteiger charge is -2.19. The van der Waals surface area contributed by atoms with Crippen molar-refractivity contribution in [3.8, 4) is 11.4 Å². The molecule has 2 N–H and O–H groups in total. The zero-order valence-corrected chi connectivity index (χ0v) is 22.7. The molecule has 0 fully saturated rings. The number of hydrogen-bond acceptors (Lipinski definition) is 5. The van der Waals surface area contributed by atoms with E-state index in [2.05, 4.69) is 41.6 Å². The van der Waals surface area contributed by atoms with Crippen molar-refractivity contribution in [2.75, 3.05) is 16.4 Å². The molecule has 2 amide bonds. The van der Waals surface area contributed by atoms with E-state index in [-0.39, 0.29) is 23.0 Å². The first-order valence-corrected chi connectivity index (χ1v) is 13.1. The number of carbonyl (C=O) groups excluding carboxylic acids is 2. The van der Waals surface area contributed by atoms with Crippen molar-refractivity contribution in [2.24, 2.45) is 7.05 Å². The zero-order valence-electron chi connectivity index (χ0n) is 21.1. The van der Waals surface area contributed by atoms with Crippen LogP contribution in [0.25, 0.3) is 11.4 Å². The summed E-state index contributed by atoms with van der Waals surface area (Å²) in [5.41, 5.74) is 3.91. The van der Waals surface area contributed by atoms with Crippen LogP contribution in [0.1, 0.15) is 36.7 Å². The summed E-state index contributed by atoms with van der Waals surface area (Å²) in [6.07, 6.45) is 0. The average Bonchev–Trinajstić information content (AvgIpc) is 3.24. The molecule has 1 aromatic heterocycles. The second-order valence-corrected chi connectivity index (χ2v) is 10.9. The quantitative estimate of drug-likeness (QED) is 0.268. The Labute approximate surface area is 225 Å². The molecule has 0 bridgehead atoms. The Kier molecular flexibility index (Phi) is 8.00. The van der Waals surface area contributed by atoms with Crippen LogP contribution in [0, 0.1) is 0 Å². The van der Waals surface area contributed by atoms with E-state index >= 15 is 0 Å². The van der Waals surface area contributed by atoms with Crippen LogP contribution in [-0.2, 0) is 17.3 Å². The van der Waals surface area contributed by atoms with Gasteiger partial charge in [-0.15, -0.1) is 10.2 Å². The van der Waals surface area contributed by atoms with Gasteiger partial charge >= 0.3 is 0 Å². The van der Waals surface area contributed by atoms with Gasteiger partial charge in [-0.25, -0.2) is 0 Å². The third kappa shape index (κ3) is 6.58. The molecule has 37 heavy (non-hydrogen) atoms. The molecule has 9 heteroatoms. The Morgan fingerprint density at radius 3 is 2.24 bits per heavy atom. The van der Waals surface area contributed by atoms with Crippen molar-refractivity contribution in [2.45, 2.75) is 31.3 Å². The molecule has 3 aromatic carbocycles. The van der Waals surface area contributed by atoms with E-state index in [9.17, 15) is 9.59 Å². The van der Waals surface area contributed by atoms with Crippen LogP contribution in [0.4, 0.5) is 11.4 Å². The average molecular weight is 534 g/mol. The number of nitrogens with zero attached hydrogens (tertiary/aromatic N) is 3. The summed E-state index contributed by atoms with van der Waals surface area (Å²) < 4.78 is 1.83. The third-order valence-electron chi connectivity index (χ3n) is 5.73. The molecule has 0 radical (unpaired) electrons. The first-order valence-electron chi connectivity index (χ1n) is 11.7. The number of benzene rings is 3. The molecule has 0 unspecified atom stereocenters. The molecule has 4 rings (SSSR count). The number of nitrogens with one attached hydrogen (secondary N) is 2. The number of carbonyl (C=O) groups is 2. The Morgan fingerprint density at radius 1 is 0.919 bits per heavy atom. The highest BCUT2D eigenvalue weighted by atomic mass is 35.5. The van der Waals surface area contributed by atoms with Crippen molar-refractivity contribution >= 4 is 46.6 Å². The molecule has 190 valence electrons. The van der Waals surface area contributed by atoms with Gasteiger partial charge < -0.3 is 15.2 Å². The van der Waals surface area contributed by atoms with E-state index in [1.807, 2.05) is 66.2 Å². The number of anilines is 2. The van der Waals surface area contributed by atoms with E-state index in [1.165, 1.54) is 17.3 Å². The number of hydrogen-bond donors (Lipinski definition) is 2. The maximum Gasteiger partial charge on any atom is 0.255 e. The summed E-state index contributed by atoms with van der Waals surface area (Å²) in [6, 6.07) is 22.2. The second-order valence-electron chi connectivity index (χ2n) is 9.54. The molecule has 0 aliphatic rings. The fraction of sp³-hybridized carbons (Fsp3) is 0.214. The van der Waals surface area contributed by atoms with Gasteiger partial charge in [0.1, 0.15) is 0 Å². The van der Waals surface area contributed by atoms with Gasteiger partial charge in [-0.05, 0) is 59.5 Å². The lowest BCUT2D eigenvalue weighted by Crippen LogP contribution is -2.14. The molecular formula is C28H28ClN5O2S. The SMILES string of the molecule is Cn1c(SCC(=O)Nc2ccccc2Cl)nnc1-c1ccc(NC(=O)c2ccc(C(C)(C)C)cc2)cc1. The Balaban J connectivity index is 1.36. The van der Waals surface area contributed by atoms with E-state index in [0.717, 1.165) is 5.56 Å². The highest BCUT2D eigenvalue weighted by molar-refractivity contribution is 7.99. The third-order valence-corrected chi connectivity index (χ3v) is 7.08. The maximum absolute atomic E-state index is 12.7. The van der Waals surface area contributed by atoms with Crippen molar-refractivity contribution in [3.63, 3.8) is 0 Å². The topological polar surface area (TPSA) is 88.9 Å². The van der Waals surface area contributed by atoms with Crippen LogP contribution in [0.15, 0.2) is 78.0 Å². The molecule has 0 atom stereocenters. The molecule has 0 saturated carbocycles. The van der Waals surface area contributed by atoms with E-state index in [1.54, 1.807) is 18.2 Å². The van der Waals surface area contributed by atoms with Gasteiger partial charge in [0, 0.05) is 23.9 Å². The van der Waals surface area contributed by atoms with Crippen molar-refractivity contribution < 1.29 is 9.59 Å². The predicted molar refractivity (Wildman–Crippen MR) is 150 cm³/mol. The van der Waals surface area contributed by atoms with Crippen LogP contribution in [0.5, 0.6) is 0 Å². The number of halogens is 1. The predicted octanol–water partition coefficient (Wildman–Crippen LogP) is 6.42. The molecule has 7 nitrogen and oxygen atoms in total. The Morgan fingerprint density at radius 2 is 1.59 bits per heavy atom. The minimum Gasteiger partial charge on any atom is -0.324 e. The molecule has 0 saturated heterocycles. The first kappa shape index (κ1) is 26.4. The summed E-state index contributed by atoms with van der Waals surface area (Å²) in [5.74, 6) is 0.472. The van der Waals surface area contributed by atoms with E-state index in [4.69, 9.17) is 11.6 Å². The van der Waals surface area contributed by atoms with Crippen LogP contribution in [-0.4, -0.2) is 32.3 Å². The number of para-hydroxylation sites is 1. The van der Waals surface area contributed by atoms with Crippen LogP contribution >= 0.6 is 23.4 Å². The largest absolute Gasteiger partial charge is 0.324 e. The molecule has 0 aliphatic carbocycles. The van der Waals surface area contributed by atoms with Gasteiger partial charge in [0.25, 0.3) is 5.91 Å². The highest BCUT2D eigenvalue weighted by Gasteiger charge is 2.16. The summed E-state index contributed by atoms with van der Waals surface area (Å²) in [7, 11) is 1.85. The van der Waals surface area contributed by atoms with Crippen LogP contribution < -0.4 is 10.6 Å². The number of rotatable bonds is 7. The fourth-order valence-electron chi connectivity index (χ4n) is 3.60. The number of thioether (sulfide) groups is 1. The van der Waals surface area contributed by atoms with Crippen molar-refractivity contribution in [1.82, 2.24) is 14.8 Å². The van der Waals surface area contributed by atoms with Gasteiger partial charge in [0.15, 0.2) is 11.0 Å². The molecule has 0 aliphatic heterocycles. The van der Waals surface area contributed by atoms with E-state index < -0.39 is 0 Å². The van der Waals surface area contributed by atoms with Crippen LogP contribution in [0.3, 0.4) is 0 Å². The van der Waals surface area contributed by atoms with Gasteiger partial charge in [-0.1, -0.05) is 68.4 Å². The van der Waals surface area contributed by atoms with Gasteiger partial charge in [-0.2, -0.15) is 0 Å². The normalized spacial score (nSPS) is 11.3. The Hall–Kier alpha value is -3.62. The summed E-state index contributed by atoms with van der Waals surface area (Å²) in [4.78, 5) is 25.0. The summed E-state index contributed by atoms with van der Waals surface area (Å²) in [6.45, 7) is 6.42. The van der Waals surface area contributed by atoms with Crippen molar-refractivity contribution in [3.05, 3.63) is 88.9 Å².